The van der Waals surface area contributed by atoms with Gasteiger partial charge in [0.05, 0.1) is 13.2 Å². The quantitative estimate of drug-likeness (QED) is 0.778. The molecule has 0 amide bonds. The summed E-state index contributed by atoms with van der Waals surface area (Å²) >= 11 is 0. The molecule has 2 rings (SSSR count). The van der Waals surface area contributed by atoms with Gasteiger partial charge in [0.15, 0.2) is 5.79 Å². The highest BCUT2D eigenvalue weighted by Gasteiger charge is 2.36. The third-order valence-corrected chi connectivity index (χ3v) is 3.41. The summed E-state index contributed by atoms with van der Waals surface area (Å²) in [5.41, 5.74) is 2.66. The first-order chi connectivity index (χ1) is 7.98. The lowest BCUT2D eigenvalue weighted by Crippen LogP contribution is -2.26. The van der Waals surface area contributed by atoms with Crippen molar-refractivity contribution < 1.29 is 9.47 Å². The second-order valence-corrected chi connectivity index (χ2v) is 5.63. The molecule has 2 nitrogen and oxygen atoms in total. The lowest BCUT2D eigenvalue weighted by molar-refractivity contribution is -0.167. The van der Waals surface area contributed by atoms with Crippen LogP contribution >= 0.6 is 0 Å². The van der Waals surface area contributed by atoms with E-state index in [9.17, 15) is 0 Å². The van der Waals surface area contributed by atoms with Crippen molar-refractivity contribution in [2.45, 2.75) is 45.3 Å². The van der Waals surface area contributed by atoms with Crippen LogP contribution in [0.5, 0.6) is 0 Å². The van der Waals surface area contributed by atoms with Crippen LogP contribution in [0.15, 0.2) is 24.3 Å². The van der Waals surface area contributed by atoms with Crippen LogP contribution < -0.4 is 0 Å². The summed E-state index contributed by atoms with van der Waals surface area (Å²) in [7, 11) is 0. The van der Waals surface area contributed by atoms with E-state index in [1.807, 2.05) is 0 Å². The van der Waals surface area contributed by atoms with E-state index < -0.39 is 5.79 Å². The lowest BCUT2D eigenvalue weighted by Gasteiger charge is -2.27. The number of benzene rings is 1. The van der Waals surface area contributed by atoms with E-state index in [0.29, 0.717) is 13.2 Å². The highest BCUT2D eigenvalue weighted by Crippen LogP contribution is 2.35. The summed E-state index contributed by atoms with van der Waals surface area (Å²) < 4.78 is 11.6. The molecule has 1 fully saturated rings. The first-order valence-corrected chi connectivity index (χ1v) is 6.37. The Morgan fingerprint density at radius 2 is 1.59 bits per heavy atom. The highest BCUT2D eigenvalue weighted by molar-refractivity contribution is 5.30. The van der Waals surface area contributed by atoms with Crippen LogP contribution in [0.4, 0.5) is 0 Å². The Balaban J connectivity index is 2.28. The van der Waals surface area contributed by atoms with Crippen LogP contribution in [-0.4, -0.2) is 13.2 Å². The summed E-state index contributed by atoms with van der Waals surface area (Å²) in [5.74, 6) is -0.504. The van der Waals surface area contributed by atoms with Gasteiger partial charge in [0.2, 0.25) is 0 Å². The number of rotatable bonds is 2. The van der Waals surface area contributed by atoms with E-state index >= 15 is 0 Å². The fourth-order valence-electron chi connectivity index (χ4n) is 2.25. The van der Waals surface area contributed by atoms with Gasteiger partial charge in [0.25, 0.3) is 0 Å². The van der Waals surface area contributed by atoms with Crippen LogP contribution in [0.2, 0.25) is 0 Å². The maximum absolute atomic E-state index is 5.78. The van der Waals surface area contributed by atoms with Gasteiger partial charge in [-0.05, 0) is 11.0 Å². The molecule has 0 spiro atoms. The molecule has 0 aliphatic carbocycles. The third-order valence-electron chi connectivity index (χ3n) is 3.41. The number of ether oxygens (including phenoxy) is 2. The van der Waals surface area contributed by atoms with Gasteiger partial charge in [-0.25, -0.2) is 0 Å². The van der Waals surface area contributed by atoms with Gasteiger partial charge < -0.3 is 9.47 Å². The topological polar surface area (TPSA) is 18.5 Å². The van der Waals surface area contributed by atoms with Crippen LogP contribution in [0.25, 0.3) is 0 Å². The molecule has 1 aromatic carbocycles. The van der Waals surface area contributed by atoms with E-state index in [1.165, 1.54) is 5.56 Å². The molecule has 0 unspecified atom stereocenters. The smallest absolute Gasteiger partial charge is 0.194 e. The third kappa shape index (κ3) is 2.38. The largest absolute Gasteiger partial charge is 0.343 e. The van der Waals surface area contributed by atoms with Gasteiger partial charge in [-0.1, -0.05) is 52.0 Å². The monoisotopic (exact) mass is 234 g/mol. The van der Waals surface area contributed by atoms with Crippen molar-refractivity contribution in [3.63, 3.8) is 0 Å². The lowest BCUT2D eigenvalue weighted by atomic mass is 9.86. The second kappa shape index (κ2) is 4.43. The van der Waals surface area contributed by atoms with E-state index in [0.717, 1.165) is 12.0 Å². The maximum Gasteiger partial charge on any atom is 0.194 e. The van der Waals surface area contributed by atoms with Crippen molar-refractivity contribution in [3.8, 4) is 0 Å². The molecule has 0 N–H and O–H groups in total. The Bertz CT molecular complexity index is 367. The molecule has 2 heteroatoms. The molecule has 0 radical (unpaired) electrons. The van der Waals surface area contributed by atoms with Gasteiger partial charge in [0.1, 0.15) is 0 Å². The second-order valence-electron chi connectivity index (χ2n) is 5.63. The Labute approximate surface area is 104 Å². The number of hydrogen-bond donors (Lipinski definition) is 0. The standard InChI is InChI=1S/C15H22O2/c1-5-15(16-10-11-17-15)13-8-6-12(7-9-13)14(2,3)4/h6-9H,5,10-11H2,1-4H3. The van der Waals surface area contributed by atoms with Crippen molar-refractivity contribution in [3.05, 3.63) is 35.4 Å². The van der Waals surface area contributed by atoms with Crippen LogP contribution in [0.1, 0.15) is 45.2 Å². The average Bonchev–Trinajstić information content (AvgIpc) is 2.78. The molecular formula is C15H22O2. The van der Waals surface area contributed by atoms with Crippen molar-refractivity contribution in [2.24, 2.45) is 0 Å². The summed E-state index contributed by atoms with van der Waals surface area (Å²) in [4.78, 5) is 0. The van der Waals surface area contributed by atoms with E-state index in [-0.39, 0.29) is 5.41 Å². The summed E-state index contributed by atoms with van der Waals surface area (Å²) in [6, 6.07) is 8.63. The minimum atomic E-state index is -0.504. The summed E-state index contributed by atoms with van der Waals surface area (Å²) in [6.07, 6.45) is 0.849. The van der Waals surface area contributed by atoms with Crippen LogP contribution in [0, 0.1) is 0 Å². The molecule has 0 aromatic heterocycles. The zero-order chi connectivity index (χ0) is 12.5. The predicted octanol–water partition coefficient (Wildman–Crippen LogP) is 3.59. The highest BCUT2D eigenvalue weighted by atomic mass is 16.7. The van der Waals surface area contributed by atoms with Gasteiger partial charge in [-0.3, -0.25) is 0 Å². The van der Waals surface area contributed by atoms with Gasteiger partial charge in [-0.15, -0.1) is 0 Å². The first-order valence-electron chi connectivity index (χ1n) is 6.37. The molecule has 1 saturated heterocycles. The first kappa shape index (κ1) is 12.6. The fraction of sp³-hybridized carbons (Fsp3) is 0.600. The van der Waals surface area contributed by atoms with Crippen molar-refractivity contribution >= 4 is 0 Å². The molecule has 0 bridgehead atoms. The van der Waals surface area contributed by atoms with Crippen molar-refractivity contribution in [2.75, 3.05) is 13.2 Å². The van der Waals surface area contributed by atoms with E-state index in [4.69, 9.17) is 9.47 Å². The van der Waals surface area contributed by atoms with E-state index in [1.54, 1.807) is 0 Å². The molecule has 1 heterocycles. The van der Waals surface area contributed by atoms with Crippen LogP contribution in [0.3, 0.4) is 0 Å². The van der Waals surface area contributed by atoms with Crippen molar-refractivity contribution in [1.29, 1.82) is 0 Å². The molecular weight excluding hydrogens is 212 g/mol. The molecule has 0 atom stereocenters. The molecule has 1 aliphatic rings. The summed E-state index contributed by atoms with van der Waals surface area (Å²) in [5, 5.41) is 0. The van der Waals surface area contributed by atoms with E-state index in [2.05, 4.69) is 52.0 Å². The van der Waals surface area contributed by atoms with Crippen molar-refractivity contribution in [1.82, 2.24) is 0 Å². The Morgan fingerprint density at radius 1 is 1.06 bits per heavy atom. The van der Waals surface area contributed by atoms with Gasteiger partial charge >= 0.3 is 0 Å². The number of hydrogen-bond acceptors (Lipinski definition) is 2. The van der Waals surface area contributed by atoms with Gasteiger partial charge in [0, 0.05) is 12.0 Å². The molecule has 1 aliphatic heterocycles. The average molecular weight is 234 g/mol. The fourth-order valence-corrected chi connectivity index (χ4v) is 2.25. The Kier molecular flexibility index (Phi) is 3.28. The Morgan fingerprint density at radius 3 is 2.00 bits per heavy atom. The SMILES string of the molecule is CCC1(c2ccc(C(C)(C)C)cc2)OCCO1. The molecule has 0 saturated carbocycles. The summed E-state index contributed by atoms with van der Waals surface area (Å²) in [6.45, 7) is 10.1. The molecule has 1 aromatic rings. The maximum atomic E-state index is 5.78. The minimum absolute atomic E-state index is 0.190. The predicted molar refractivity (Wildman–Crippen MR) is 69.0 cm³/mol. The van der Waals surface area contributed by atoms with Crippen LogP contribution in [-0.2, 0) is 20.7 Å². The molecule has 17 heavy (non-hydrogen) atoms. The normalized spacial score (nSPS) is 19.5. The zero-order valence-electron chi connectivity index (χ0n) is 11.2. The zero-order valence-corrected chi connectivity index (χ0v) is 11.2. The Hall–Kier alpha value is -0.860. The minimum Gasteiger partial charge on any atom is -0.343 e. The molecule has 94 valence electrons. The van der Waals surface area contributed by atoms with Gasteiger partial charge in [-0.2, -0.15) is 0 Å².